The van der Waals surface area contributed by atoms with E-state index in [0.717, 1.165) is 6.54 Å². The van der Waals surface area contributed by atoms with E-state index in [-0.39, 0.29) is 11.9 Å². The first kappa shape index (κ1) is 10.5. The smallest absolute Gasteiger partial charge is 0.237 e. The molecule has 1 aliphatic heterocycles. The first-order valence-electron chi connectivity index (χ1n) is 5.06. The average molecular weight is 184 g/mol. The summed E-state index contributed by atoms with van der Waals surface area (Å²) in [5.41, 5.74) is 0. The first-order chi connectivity index (χ1) is 6.02. The molecule has 0 spiro atoms. The highest BCUT2D eigenvalue weighted by atomic mass is 16.2. The summed E-state index contributed by atoms with van der Waals surface area (Å²) in [6.07, 6.45) is 0. The van der Waals surface area contributed by atoms with Crippen LogP contribution in [0.2, 0.25) is 0 Å². The Balaban J connectivity index is 2.52. The summed E-state index contributed by atoms with van der Waals surface area (Å²) in [6.45, 7) is 9.27. The Kier molecular flexibility index (Phi) is 3.31. The summed E-state index contributed by atoms with van der Waals surface area (Å²) in [7, 11) is 0. The van der Waals surface area contributed by atoms with E-state index in [9.17, 15) is 4.79 Å². The Morgan fingerprint density at radius 3 is 2.23 bits per heavy atom. The number of carbonyl (C=O) groups excluding carboxylic acids is 1. The number of rotatable bonds is 2. The van der Waals surface area contributed by atoms with Gasteiger partial charge in [-0.05, 0) is 11.8 Å². The molecule has 2 N–H and O–H groups in total. The Labute approximate surface area is 80.3 Å². The van der Waals surface area contributed by atoms with Gasteiger partial charge in [0.2, 0.25) is 5.91 Å². The Morgan fingerprint density at radius 2 is 1.85 bits per heavy atom. The van der Waals surface area contributed by atoms with Crippen molar-refractivity contribution in [2.75, 3.05) is 6.54 Å². The van der Waals surface area contributed by atoms with Crippen molar-refractivity contribution in [3.63, 3.8) is 0 Å². The molecule has 13 heavy (non-hydrogen) atoms. The zero-order chi connectivity index (χ0) is 10.0. The molecule has 3 heteroatoms. The van der Waals surface area contributed by atoms with Crippen LogP contribution in [-0.2, 0) is 4.79 Å². The molecular formula is C10H20N2O. The van der Waals surface area contributed by atoms with Crippen molar-refractivity contribution in [3.8, 4) is 0 Å². The fourth-order valence-corrected chi connectivity index (χ4v) is 1.61. The van der Waals surface area contributed by atoms with Gasteiger partial charge in [-0.2, -0.15) is 0 Å². The molecule has 76 valence electrons. The van der Waals surface area contributed by atoms with E-state index < -0.39 is 0 Å². The van der Waals surface area contributed by atoms with Crippen LogP contribution >= 0.6 is 0 Å². The Bertz CT molecular complexity index is 189. The maximum atomic E-state index is 11.6. The number of carbonyl (C=O) groups is 1. The van der Waals surface area contributed by atoms with Crippen LogP contribution in [0.3, 0.4) is 0 Å². The molecule has 1 heterocycles. The van der Waals surface area contributed by atoms with Crippen molar-refractivity contribution < 1.29 is 4.79 Å². The molecule has 1 fully saturated rings. The fraction of sp³-hybridized carbons (Fsp3) is 0.900. The molecule has 0 aromatic heterocycles. The van der Waals surface area contributed by atoms with Crippen LogP contribution in [-0.4, -0.2) is 24.5 Å². The largest absolute Gasteiger partial charge is 0.350 e. The van der Waals surface area contributed by atoms with Gasteiger partial charge in [-0.1, -0.05) is 27.7 Å². The average Bonchev–Trinajstić information content (AvgIpc) is 2.03. The van der Waals surface area contributed by atoms with Crippen molar-refractivity contribution in [1.29, 1.82) is 0 Å². The van der Waals surface area contributed by atoms with Gasteiger partial charge in [0.25, 0.3) is 0 Å². The maximum absolute atomic E-state index is 11.6. The molecule has 0 radical (unpaired) electrons. The van der Waals surface area contributed by atoms with E-state index in [1.165, 1.54) is 0 Å². The van der Waals surface area contributed by atoms with Crippen molar-refractivity contribution in [3.05, 3.63) is 0 Å². The number of piperazine rings is 1. The number of hydrogen-bond acceptors (Lipinski definition) is 2. The Hall–Kier alpha value is -0.570. The topological polar surface area (TPSA) is 41.1 Å². The van der Waals surface area contributed by atoms with Crippen LogP contribution in [0.5, 0.6) is 0 Å². The summed E-state index contributed by atoms with van der Waals surface area (Å²) >= 11 is 0. The van der Waals surface area contributed by atoms with Gasteiger partial charge < -0.3 is 10.6 Å². The van der Waals surface area contributed by atoms with E-state index in [1.54, 1.807) is 0 Å². The quantitative estimate of drug-likeness (QED) is 0.665. The van der Waals surface area contributed by atoms with Gasteiger partial charge >= 0.3 is 0 Å². The lowest BCUT2D eigenvalue weighted by Crippen LogP contribution is -2.61. The van der Waals surface area contributed by atoms with Gasteiger partial charge in [0.15, 0.2) is 0 Å². The molecule has 1 aliphatic rings. The molecule has 0 saturated carbocycles. The summed E-state index contributed by atoms with van der Waals surface area (Å²) in [4.78, 5) is 11.6. The van der Waals surface area contributed by atoms with E-state index in [0.29, 0.717) is 17.9 Å². The van der Waals surface area contributed by atoms with Crippen LogP contribution < -0.4 is 10.6 Å². The normalized spacial score (nSPS) is 29.5. The zero-order valence-corrected chi connectivity index (χ0v) is 8.92. The van der Waals surface area contributed by atoms with Gasteiger partial charge in [-0.3, -0.25) is 4.79 Å². The minimum absolute atomic E-state index is 0.00463. The predicted molar refractivity (Wildman–Crippen MR) is 53.4 cm³/mol. The molecule has 1 rings (SSSR count). The molecule has 0 aromatic rings. The minimum Gasteiger partial charge on any atom is -0.350 e. The van der Waals surface area contributed by atoms with E-state index >= 15 is 0 Å². The minimum atomic E-state index is -0.00463. The molecule has 0 aromatic carbocycles. The highest BCUT2D eigenvalue weighted by Crippen LogP contribution is 2.10. The van der Waals surface area contributed by atoms with Crippen LogP contribution in [0.4, 0.5) is 0 Å². The number of hydrogen-bond donors (Lipinski definition) is 2. The summed E-state index contributed by atoms with van der Waals surface area (Å²) in [5.74, 6) is 1.03. The van der Waals surface area contributed by atoms with Gasteiger partial charge in [-0.25, -0.2) is 0 Å². The molecular weight excluding hydrogens is 164 g/mol. The van der Waals surface area contributed by atoms with Crippen LogP contribution in [0.25, 0.3) is 0 Å². The first-order valence-corrected chi connectivity index (χ1v) is 5.06. The molecule has 2 atom stereocenters. The van der Waals surface area contributed by atoms with E-state index in [4.69, 9.17) is 0 Å². The molecule has 1 saturated heterocycles. The van der Waals surface area contributed by atoms with Crippen LogP contribution in [0.15, 0.2) is 0 Å². The second-order valence-corrected chi connectivity index (χ2v) is 4.49. The Morgan fingerprint density at radius 1 is 1.23 bits per heavy atom. The summed E-state index contributed by atoms with van der Waals surface area (Å²) in [6, 6.07) is 0.289. The van der Waals surface area contributed by atoms with Crippen molar-refractivity contribution in [2.24, 2.45) is 11.8 Å². The molecule has 2 unspecified atom stereocenters. The fourth-order valence-electron chi connectivity index (χ4n) is 1.61. The van der Waals surface area contributed by atoms with Crippen LogP contribution in [0.1, 0.15) is 27.7 Å². The predicted octanol–water partition coefficient (Wildman–Crippen LogP) is 0.755. The van der Waals surface area contributed by atoms with Crippen LogP contribution in [0, 0.1) is 11.8 Å². The highest BCUT2D eigenvalue weighted by molar-refractivity contribution is 5.83. The molecule has 0 aliphatic carbocycles. The van der Waals surface area contributed by atoms with Gasteiger partial charge in [0, 0.05) is 12.6 Å². The van der Waals surface area contributed by atoms with Crippen molar-refractivity contribution in [1.82, 2.24) is 10.6 Å². The summed E-state index contributed by atoms with van der Waals surface area (Å²) in [5, 5.41) is 6.33. The maximum Gasteiger partial charge on any atom is 0.237 e. The molecule has 3 nitrogen and oxygen atoms in total. The molecule has 1 amide bonds. The van der Waals surface area contributed by atoms with Gasteiger partial charge in [0.1, 0.15) is 0 Å². The highest BCUT2D eigenvalue weighted by Gasteiger charge is 2.30. The SMILES string of the molecule is CC(C)C1CNC(C(C)C)C(=O)N1. The third kappa shape index (κ3) is 2.44. The van der Waals surface area contributed by atoms with Gasteiger partial charge in [0.05, 0.1) is 6.04 Å². The lowest BCUT2D eigenvalue weighted by atomic mass is 9.96. The lowest BCUT2D eigenvalue weighted by molar-refractivity contribution is -0.127. The molecule has 0 bridgehead atoms. The van der Waals surface area contributed by atoms with Gasteiger partial charge in [-0.15, -0.1) is 0 Å². The van der Waals surface area contributed by atoms with E-state index in [2.05, 4.69) is 38.3 Å². The van der Waals surface area contributed by atoms with Crippen molar-refractivity contribution >= 4 is 5.91 Å². The number of amides is 1. The second kappa shape index (κ2) is 4.09. The third-order valence-electron chi connectivity index (χ3n) is 2.64. The second-order valence-electron chi connectivity index (χ2n) is 4.49. The summed E-state index contributed by atoms with van der Waals surface area (Å²) < 4.78 is 0. The standard InChI is InChI=1S/C10H20N2O/c1-6(2)8-5-11-9(7(3)4)10(13)12-8/h6-9,11H,5H2,1-4H3,(H,12,13). The van der Waals surface area contributed by atoms with E-state index in [1.807, 2.05) is 0 Å². The monoisotopic (exact) mass is 184 g/mol. The van der Waals surface area contributed by atoms with Crippen molar-refractivity contribution in [2.45, 2.75) is 39.8 Å². The third-order valence-corrected chi connectivity index (χ3v) is 2.64. The lowest BCUT2D eigenvalue weighted by Gasteiger charge is -2.34. The zero-order valence-electron chi connectivity index (χ0n) is 8.92. The number of nitrogens with one attached hydrogen (secondary N) is 2.